The van der Waals surface area contributed by atoms with E-state index in [1.165, 1.54) is 26.5 Å². The number of ether oxygens (including phenoxy) is 2. The Morgan fingerprint density at radius 2 is 2.06 bits per heavy atom. The lowest BCUT2D eigenvalue weighted by atomic mass is 9.95. The second-order valence-corrected chi connectivity index (χ2v) is 4.06. The molecule has 17 heavy (non-hydrogen) atoms. The third-order valence-electron chi connectivity index (χ3n) is 3.22. The molecular formula is C11H14F2N2O2. The molecule has 1 fully saturated rings. The Morgan fingerprint density at radius 3 is 2.47 bits per heavy atom. The Kier molecular flexibility index (Phi) is 2.69. The summed E-state index contributed by atoms with van der Waals surface area (Å²) >= 11 is 0. The number of nitrogens with two attached hydrogens (primary N) is 1. The van der Waals surface area contributed by atoms with Gasteiger partial charge >= 0.3 is 0 Å². The highest BCUT2D eigenvalue weighted by atomic mass is 19.3. The van der Waals surface area contributed by atoms with E-state index in [0.29, 0.717) is 5.75 Å². The third kappa shape index (κ3) is 1.55. The average molecular weight is 244 g/mol. The normalized spacial score (nSPS) is 25.5. The molecule has 0 radical (unpaired) electrons. The lowest BCUT2D eigenvalue weighted by Gasteiger charge is -2.19. The van der Waals surface area contributed by atoms with Gasteiger partial charge in [0.15, 0.2) is 0 Å². The molecule has 0 aliphatic heterocycles. The van der Waals surface area contributed by atoms with Crippen molar-refractivity contribution in [3.05, 3.63) is 17.8 Å². The molecule has 0 amide bonds. The zero-order valence-corrected chi connectivity index (χ0v) is 9.67. The van der Waals surface area contributed by atoms with Crippen LogP contribution in [0.3, 0.4) is 0 Å². The minimum absolute atomic E-state index is 0.145. The maximum atomic E-state index is 13.6. The Hall–Kier alpha value is -1.43. The fourth-order valence-electron chi connectivity index (χ4n) is 2.12. The summed E-state index contributed by atoms with van der Waals surface area (Å²) in [6.07, 6.45) is 1.15. The van der Waals surface area contributed by atoms with E-state index in [1.54, 1.807) is 0 Å². The van der Waals surface area contributed by atoms with E-state index in [2.05, 4.69) is 4.98 Å². The van der Waals surface area contributed by atoms with Gasteiger partial charge in [0.25, 0.3) is 5.92 Å². The zero-order chi connectivity index (χ0) is 12.7. The van der Waals surface area contributed by atoms with Crippen LogP contribution in [-0.2, 0) is 5.41 Å². The standard InChI is InChI=1S/C11H14F2N2O2/c1-16-7-3-4-15-9(17-2)8(7)10(6-14)5-11(10,12)13/h3-4H,5-6,14H2,1-2H3. The fraction of sp³-hybridized carbons (Fsp3) is 0.545. The van der Waals surface area contributed by atoms with Gasteiger partial charge in [0.1, 0.15) is 5.75 Å². The number of aromatic nitrogens is 1. The van der Waals surface area contributed by atoms with Crippen LogP contribution >= 0.6 is 0 Å². The van der Waals surface area contributed by atoms with Crippen molar-refractivity contribution in [1.29, 1.82) is 0 Å². The topological polar surface area (TPSA) is 57.4 Å². The second kappa shape index (κ2) is 3.80. The Balaban J connectivity index is 2.58. The molecule has 1 aliphatic carbocycles. The van der Waals surface area contributed by atoms with Crippen molar-refractivity contribution in [2.75, 3.05) is 20.8 Å². The van der Waals surface area contributed by atoms with Gasteiger partial charge in [-0.3, -0.25) is 0 Å². The summed E-state index contributed by atoms with van der Waals surface area (Å²) in [6.45, 7) is -0.168. The van der Waals surface area contributed by atoms with Gasteiger partial charge in [-0.2, -0.15) is 0 Å². The van der Waals surface area contributed by atoms with E-state index in [-0.39, 0.29) is 24.4 Å². The minimum Gasteiger partial charge on any atom is -0.496 e. The molecule has 94 valence electrons. The predicted molar refractivity (Wildman–Crippen MR) is 57.6 cm³/mol. The largest absolute Gasteiger partial charge is 0.496 e. The Bertz CT molecular complexity index is 417. The number of nitrogens with zero attached hydrogens (tertiary/aromatic N) is 1. The van der Waals surface area contributed by atoms with Crippen LogP contribution in [0.1, 0.15) is 12.0 Å². The number of hydrogen-bond donors (Lipinski definition) is 1. The van der Waals surface area contributed by atoms with E-state index >= 15 is 0 Å². The molecule has 1 unspecified atom stereocenters. The quantitative estimate of drug-likeness (QED) is 0.868. The number of methoxy groups -OCH3 is 2. The SMILES string of the molecule is COc1ccnc(OC)c1C1(CN)CC1(F)F. The molecule has 1 heterocycles. The number of halogens is 2. The molecule has 1 atom stereocenters. The summed E-state index contributed by atoms with van der Waals surface area (Å²) in [5, 5.41) is 0. The molecule has 0 bridgehead atoms. The van der Waals surface area contributed by atoms with E-state index in [1.807, 2.05) is 0 Å². The molecule has 0 saturated heterocycles. The van der Waals surface area contributed by atoms with Crippen LogP contribution in [0.4, 0.5) is 8.78 Å². The summed E-state index contributed by atoms with van der Waals surface area (Å²) in [5.74, 6) is -2.35. The van der Waals surface area contributed by atoms with Crippen molar-refractivity contribution < 1.29 is 18.3 Å². The molecule has 6 heteroatoms. The highest BCUT2D eigenvalue weighted by Crippen LogP contribution is 2.64. The third-order valence-corrected chi connectivity index (χ3v) is 3.22. The van der Waals surface area contributed by atoms with Crippen molar-refractivity contribution in [2.24, 2.45) is 5.73 Å². The van der Waals surface area contributed by atoms with Crippen LogP contribution in [0.5, 0.6) is 11.6 Å². The molecule has 0 spiro atoms. The maximum absolute atomic E-state index is 13.6. The number of alkyl halides is 2. The van der Waals surface area contributed by atoms with Crippen molar-refractivity contribution in [2.45, 2.75) is 17.8 Å². The first-order valence-electron chi connectivity index (χ1n) is 5.18. The van der Waals surface area contributed by atoms with Crippen molar-refractivity contribution in [3.63, 3.8) is 0 Å². The van der Waals surface area contributed by atoms with Gasteiger partial charge in [-0.1, -0.05) is 0 Å². The molecule has 1 aromatic heterocycles. The van der Waals surface area contributed by atoms with E-state index in [4.69, 9.17) is 15.2 Å². The fourth-order valence-corrected chi connectivity index (χ4v) is 2.12. The first-order chi connectivity index (χ1) is 8.02. The number of rotatable bonds is 4. The van der Waals surface area contributed by atoms with Crippen LogP contribution in [0.15, 0.2) is 12.3 Å². The summed E-state index contributed by atoms with van der Waals surface area (Å²) in [7, 11) is 2.80. The monoisotopic (exact) mass is 244 g/mol. The van der Waals surface area contributed by atoms with Crippen LogP contribution in [0.25, 0.3) is 0 Å². The van der Waals surface area contributed by atoms with Gasteiger partial charge in [0.2, 0.25) is 5.88 Å². The lowest BCUT2D eigenvalue weighted by molar-refractivity contribution is 0.0879. The van der Waals surface area contributed by atoms with Crippen LogP contribution in [-0.4, -0.2) is 31.7 Å². The minimum atomic E-state index is -2.83. The summed E-state index contributed by atoms with van der Waals surface area (Å²) < 4.78 is 37.2. The molecule has 2 rings (SSSR count). The molecule has 1 saturated carbocycles. The van der Waals surface area contributed by atoms with Gasteiger partial charge in [-0.15, -0.1) is 0 Å². The highest BCUT2D eigenvalue weighted by molar-refractivity contribution is 5.52. The van der Waals surface area contributed by atoms with Crippen molar-refractivity contribution in [3.8, 4) is 11.6 Å². The van der Waals surface area contributed by atoms with Crippen LogP contribution < -0.4 is 15.2 Å². The summed E-state index contributed by atoms with van der Waals surface area (Å²) in [5.41, 5.74) is 4.36. The second-order valence-electron chi connectivity index (χ2n) is 4.06. The van der Waals surface area contributed by atoms with Gasteiger partial charge in [0.05, 0.1) is 25.2 Å². The average Bonchev–Trinajstić information content (AvgIpc) is 2.91. The molecule has 1 aliphatic rings. The maximum Gasteiger partial charge on any atom is 0.260 e. The van der Waals surface area contributed by atoms with Gasteiger partial charge in [-0.25, -0.2) is 13.8 Å². The van der Waals surface area contributed by atoms with Crippen molar-refractivity contribution >= 4 is 0 Å². The van der Waals surface area contributed by atoms with E-state index < -0.39 is 11.3 Å². The predicted octanol–water partition coefficient (Wildman–Crippen LogP) is 1.33. The van der Waals surface area contributed by atoms with Gasteiger partial charge in [-0.05, 0) is 6.07 Å². The summed E-state index contributed by atoms with van der Waals surface area (Å²) in [6, 6.07) is 1.53. The highest BCUT2D eigenvalue weighted by Gasteiger charge is 2.73. The first kappa shape index (κ1) is 12.0. The molecular weight excluding hydrogens is 230 g/mol. The smallest absolute Gasteiger partial charge is 0.260 e. The van der Waals surface area contributed by atoms with Gasteiger partial charge in [0, 0.05) is 19.2 Å². The Morgan fingerprint density at radius 1 is 1.41 bits per heavy atom. The first-order valence-corrected chi connectivity index (χ1v) is 5.18. The van der Waals surface area contributed by atoms with E-state index in [0.717, 1.165) is 0 Å². The molecule has 2 N–H and O–H groups in total. The summed E-state index contributed by atoms with van der Waals surface area (Å²) in [4.78, 5) is 3.93. The Labute approximate surface area is 97.7 Å². The van der Waals surface area contributed by atoms with E-state index in [9.17, 15) is 8.78 Å². The number of pyridine rings is 1. The van der Waals surface area contributed by atoms with Crippen LogP contribution in [0, 0.1) is 0 Å². The molecule has 0 aromatic carbocycles. The zero-order valence-electron chi connectivity index (χ0n) is 9.67. The van der Waals surface area contributed by atoms with Crippen molar-refractivity contribution in [1.82, 2.24) is 4.98 Å². The van der Waals surface area contributed by atoms with Gasteiger partial charge < -0.3 is 15.2 Å². The molecule has 4 nitrogen and oxygen atoms in total. The lowest BCUT2D eigenvalue weighted by Crippen LogP contribution is -2.28. The molecule has 1 aromatic rings. The number of hydrogen-bond acceptors (Lipinski definition) is 4. The van der Waals surface area contributed by atoms with Crippen LogP contribution in [0.2, 0.25) is 0 Å².